The molecule has 0 unspecified atom stereocenters. The molecular formula is C14H16ClN3O. The average molecular weight is 278 g/mol. The number of rotatable bonds is 5. The first-order valence-electron chi connectivity index (χ1n) is 6.38. The molecule has 2 rings (SSSR count). The van der Waals surface area contributed by atoms with Gasteiger partial charge in [0.25, 0.3) is 0 Å². The lowest BCUT2D eigenvalue weighted by atomic mass is 10.2. The Labute approximate surface area is 117 Å². The van der Waals surface area contributed by atoms with Crippen LogP contribution in [0.5, 0.6) is 0 Å². The van der Waals surface area contributed by atoms with Gasteiger partial charge in [-0.3, -0.25) is 4.79 Å². The molecule has 1 heterocycles. The molecule has 0 aliphatic rings. The fraction of sp³-hybridized carbons (Fsp3) is 0.357. The molecule has 100 valence electrons. The summed E-state index contributed by atoms with van der Waals surface area (Å²) in [5.41, 5.74) is 2.01. The SMILES string of the molecule is CCCCNC(=O)Cc1nc2ccccc2nc1Cl. The van der Waals surface area contributed by atoms with Crippen LogP contribution >= 0.6 is 11.6 Å². The fourth-order valence-corrected chi connectivity index (χ4v) is 1.95. The predicted octanol–water partition coefficient (Wildman–Crippen LogP) is 2.74. The predicted molar refractivity (Wildman–Crippen MR) is 76.2 cm³/mol. The molecule has 0 radical (unpaired) electrons. The number of hydrogen-bond donors (Lipinski definition) is 1. The van der Waals surface area contributed by atoms with Gasteiger partial charge in [-0.05, 0) is 18.6 Å². The minimum absolute atomic E-state index is 0.0695. The van der Waals surface area contributed by atoms with E-state index in [0.29, 0.717) is 17.4 Å². The first-order valence-corrected chi connectivity index (χ1v) is 6.76. The van der Waals surface area contributed by atoms with Crippen molar-refractivity contribution in [2.45, 2.75) is 26.2 Å². The third-order valence-corrected chi connectivity index (χ3v) is 3.08. The Bertz CT molecular complexity index is 586. The van der Waals surface area contributed by atoms with Gasteiger partial charge in [0.05, 0.1) is 23.1 Å². The van der Waals surface area contributed by atoms with E-state index >= 15 is 0 Å². The van der Waals surface area contributed by atoms with Crippen molar-refractivity contribution < 1.29 is 4.79 Å². The summed E-state index contributed by atoms with van der Waals surface area (Å²) in [6.45, 7) is 2.77. The van der Waals surface area contributed by atoms with E-state index in [1.54, 1.807) is 0 Å². The van der Waals surface area contributed by atoms with Crippen LogP contribution < -0.4 is 5.32 Å². The van der Waals surface area contributed by atoms with Crippen molar-refractivity contribution in [3.63, 3.8) is 0 Å². The van der Waals surface area contributed by atoms with E-state index in [1.807, 2.05) is 24.3 Å². The normalized spacial score (nSPS) is 10.6. The number of aromatic nitrogens is 2. The van der Waals surface area contributed by atoms with Crippen molar-refractivity contribution in [1.82, 2.24) is 15.3 Å². The zero-order chi connectivity index (χ0) is 13.7. The highest BCUT2D eigenvalue weighted by Gasteiger charge is 2.10. The summed E-state index contributed by atoms with van der Waals surface area (Å²) >= 11 is 6.06. The number of halogens is 1. The molecule has 1 N–H and O–H groups in total. The van der Waals surface area contributed by atoms with Gasteiger partial charge in [-0.2, -0.15) is 0 Å². The summed E-state index contributed by atoms with van der Waals surface area (Å²) in [7, 11) is 0. The average Bonchev–Trinajstić information content (AvgIpc) is 2.40. The number of carbonyl (C=O) groups is 1. The summed E-state index contributed by atoms with van der Waals surface area (Å²) < 4.78 is 0. The lowest BCUT2D eigenvalue weighted by Crippen LogP contribution is -2.26. The summed E-state index contributed by atoms with van der Waals surface area (Å²) in [5, 5.41) is 3.14. The minimum Gasteiger partial charge on any atom is -0.356 e. The second-order valence-corrected chi connectivity index (χ2v) is 4.69. The number of unbranched alkanes of at least 4 members (excludes halogenated alkanes) is 1. The van der Waals surface area contributed by atoms with Crippen LogP contribution in [0.25, 0.3) is 11.0 Å². The van der Waals surface area contributed by atoms with E-state index < -0.39 is 0 Å². The molecule has 0 fully saturated rings. The molecule has 0 saturated heterocycles. The summed E-state index contributed by atoms with van der Waals surface area (Å²) in [6.07, 6.45) is 2.19. The van der Waals surface area contributed by atoms with Gasteiger partial charge in [0.1, 0.15) is 0 Å². The van der Waals surface area contributed by atoms with Crippen molar-refractivity contribution in [2.24, 2.45) is 0 Å². The molecule has 4 nitrogen and oxygen atoms in total. The highest BCUT2D eigenvalue weighted by atomic mass is 35.5. The third kappa shape index (κ3) is 3.64. The van der Waals surface area contributed by atoms with Crippen LogP contribution in [0, 0.1) is 0 Å². The molecule has 1 aromatic heterocycles. The number of para-hydroxylation sites is 2. The molecule has 0 aliphatic carbocycles. The Morgan fingerprint density at radius 2 is 1.95 bits per heavy atom. The van der Waals surface area contributed by atoms with Crippen LogP contribution in [-0.2, 0) is 11.2 Å². The van der Waals surface area contributed by atoms with Crippen LogP contribution in [0.4, 0.5) is 0 Å². The third-order valence-electron chi connectivity index (χ3n) is 2.77. The summed E-state index contributed by atoms with van der Waals surface area (Å²) in [5.74, 6) is -0.0695. The van der Waals surface area contributed by atoms with Crippen molar-refractivity contribution in [3.05, 3.63) is 35.1 Å². The van der Waals surface area contributed by atoms with E-state index in [2.05, 4.69) is 22.2 Å². The molecular weight excluding hydrogens is 262 g/mol. The molecule has 0 spiro atoms. The first kappa shape index (κ1) is 13.7. The second kappa shape index (κ2) is 6.48. The van der Waals surface area contributed by atoms with Crippen molar-refractivity contribution in [2.75, 3.05) is 6.54 Å². The molecule has 1 aromatic carbocycles. The van der Waals surface area contributed by atoms with Gasteiger partial charge in [-0.25, -0.2) is 9.97 Å². The molecule has 5 heteroatoms. The van der Waals surface area contributed by atoms with Gasteiger partial charge in [-0.15, -0.1) is 0 Å². The van der Waals surface area contributed by atoms with E-state index in [-0.39, 0.29) is 12.3 Å². The van der Waals surface area contributed by atoms with Crippen LogP contribution in [0.1, 0.15) is 25.5 Å². The molecule has 0 atom stereocenters. The Morgan fingerprint density at radius 3 is 2.63 bits per heavy atom. The quantitative estimate of drug-likeness (QED) is 0.855. The van der Waals surface area contributed by atoms with Gasteiger partial charge in [0.15, 0.2) is 5.15 Å². The number of carbonyl (C=O) groups excluding carboxylic acids is 1. The molecule has 2 aromatic rings. The van der Waals surface area contributed by atoms with Gasteiger partial charge < -0.3 is 5.32 Å². The first-order chi connectivity index (χ1) is 9.20. The van der Waals surface area contributed by atoms with Crippen LogP contribution in [0.15, 0.2) is 24.3 Å². The van der Waals surface area contributed by atoms with E-state index in [9.17, 15) is 4.79 Å². The number of hydrogen-bond acceptors (Lipinski definition) is 3. The van der Waals surface area contributed by atoms with Gasteiger partial charge in [0.2, 0.25) is 5.91 Å². The van der Waals surface area contributed by atoms with Crippen LogP contribution in [0.2, 0.25) is 5.15 Å². The van der Waals surface area contributed by atoms with E-state index in [4.69, 9.17) is 11.6 Å². The standard InChI is InChI=1S/C14H16ClN3O/c1-2-3-8-16-13(19)9-12-14(15)18-11-7-5-4-6-10(11)17-12/h4-7H,2-3,8-9H2,1H3,(H,16,19). The zero-order valence-electron chi connectivity index (χ0n) is 10.8. The number of fused-ring (bicyclic) bond motifs is 1. The summed E-state index contributed by atoms with van der Waals surface area (Å²) in [4.78, 5) is 20.4. The molecule has 19 heavy (non-hydrogen) atoms. The Morgan fingerprint density at radius 1 is 1.26 bits per heavy atom. The highest BCUT2D eigenvalue weighted by Crippen LogP contribution is 2.17. The molecule has 0 saturated carbocycles. The lowest BCUT2D eigenvalue weighted by molar-refractivity contribution is -0.120. The maximum Gasteiger partial charge on any atom is 0.226 e. The maximum absolute atomic E-state index is 11.7. The van der Waals surface area contributed by atoms with E-state index in [1.165, 1.54) is 0 Å². The zero-order valence-corrected chi connectivity index (χ0v) is 11.6. The van der Waals surface area contributed by atoms with Crippen molar-refractivity contribution in [1.29, 1.82) is 0 Å². The topological polar surface area (TPSA) is 54.9 Å². The molecule has 0 aliphatic heterocycles. The van der Waals surface area contributed by atoms with Crippen molar-refractivity contribution >= 4 is 28.5 Å². The van der Waals surface area contributed by atoms with Gasteiger partial charge in [0, 0.05) is 6.54 Å². The fourth-order valence-electron chi connectivity index (χ4n) is 1.75. The number of nitrogens with zero attached hydrogens (tertiary/aromatic N) is 2. The lowest BCUT2D eigenvalue weighted by Gasteiger charge is -2.06. The van der Waals surface area contributed by atoms with Gasteiger partial charge >= 0.3 is 0 Å². The maximum atomic E-state index is 11.7. The minimum atomic E-state index is -0.0695. The number of amides is 1. The Hall–Kier alpha value is -1.68. The summed E-state index contributed by atoms with van der Waals surface area (Å²) in [6, 6.07) is 7.47. The van der Waals surface area contributed by atoms with Crippen LogP contribution in [0.3, 0.4) is 0 Å². The molecule has 1 amide bonds. The number of nitrogens with one attached hydrogen (secondary N) is 1. The Balaban J connectivity index is 2.11. The van der Waals surface area contributed by atoms with E-state index in [0.717, 1.165) is 23.9 Å². The molecule has 0 bridgehead atoms. The largest absolute Gasteiger partial charge is 0.356 e. The van der Waals surface area contributed by atoms with Crippen molar-refractivity contribution in [3.8, 4) is 0 Å². The van der Waals surface area contributed by atoms with Gasteiger partial charge in [-0.1, -0.05) is 37.1 Å². The second-order valence-electron chi connectivity index (χ2n) is 4.33. The smallest absolute Gasteiger partial charge is 0.226 e. The Kier molecular flexibility index (Phi) is 4.68. The number of benzene rings is 1. The monoisotopic (exact) mass is 277 g/mol. The van der Waals surface area contributed by atoms with Crippen LogP contribution in [-0.4, -0.2) is 22.4 Å². The highest BCUT2D eigenvalue weighted by molar-refractivity contribution is 6.30.